The molecule has 0 aliphatic heterocycles. The minimum absolute atomic E-state index is 0.106. The van der Waals surface area contributed by atoms with Gasteiger partial charge >= 0.3 is 0 Å². The Morgan fingerprint density at radius 1 is 0.886 bits per heavy atom. The lowest BCUT2D eigenvalue weighted by atomic mass is 10.1. The third kappa shape index (κ3) is 4.75. The number of hydrazone groups is 1. The highest BCUT2D eigenvalue weighted by Gasteiger charge is 2.19. The van der Waals surface area contributed by atoms with Crippen molar-refractivity contribution in [3.8, 4) is 22.6 Å². The summed E-state index contributed by atoms with van der Waals surface area (Å²) in [5.41, 5.74) is 3.28. The van der Waals surface area contributed by atoms with E-state index in [0.29, 0.717) is 17.2 Å². The molecule has 0 radical (unpaired) electrons. The zero-order chi connectivity index (χ0) is 24.3. The average Bonchev–Trinajstić information content (AvgIpc) is 3.31. The Morgan fingerprint density at radius 3 is 2.40 bits per heavy atom. The predicted octanol–water partition coefficient (Wildman–Crippen LogP) is 4.84. The molecule has 9 heteroatoms. The van der Waals surface area contributed by atoms with Gasteiger partial charge in [-0.3, -0.25) is 9.38 Å². The molecule has 0 saturated heterocycles. The molecule has 3 heterocycles. The Balaban J connectivity index is 1.35. The summed E-state index contributed by atoms with van der Waals surface area (Å²) in [4.78, 5) is 8.64. The molecule has 5 rings (SSSR count). The van der Waals surface area contributed by atoms with Crippen molar-refractivity contribution in [2.24, 2.45) is 5.10 Å². The third-order valence-corrected chi connectivity index (χ3v) is 6.99. The van der Waals surface area contributed by atoms with Crippen LogP contribution in [0.2, 0.25) is 0 Å². The molecule has 2 aromatic carbocycles. The van der Waals surface area contributed by atoms with Crippen molar-refractivity contribution in [3.63, 3.8) is 0 Å². The minimum atomic E-state index is -3.84. The average molecular weight is 484 g/mol. The lowest BCUT2D eigenvalue weighted by Crippen LogP contribution is -2.22. The number of aromatic nitrogens is 3. The van der Waals surface area contributed by atoms with Crippen molar-refractivity contribution < 1.29 is 13.2 Å². The topological polar surface area (TPSA) is 89.2 Å². The first-order valence-electron chi connectivity index (χ1n) is 10.7. The molecule has 0 aliphatic carbocycles. The molecule has 0 unspecified atom stereocenters. The molecule has 8 nitrogen and oxygen atoms in total. The molecule has 0 spiro atoms. The first kappa shape index (κ1) is 22.3. The van der Waals surface area contributed by atoms with E-state index in [4.69, 9.17) is 4.74 Å². The molecule has 0 fully saturated rings. The largest absolute Gasteiger partial charge is 0.457 e. The van der Waals surface area contributed by atoms with Crippen molar-refractivity contribution in [1.29, 1.82) is 0 Å². The van der Waals surface area contributed by atoms with E-state index in [2.05, 4.69) is 15.1 Å². The maximum absolute atomic E-state index is 13.0. The number of ether oxygens (including phenoxy) is 1. The van der Waals surface area contributed by atoms with Gasteiger partial charge in [0.2, 0.25) is 0 Å². The lowest BCUT2D eigenvalue weighted by Gasteiger charge is -2.14. The monoisotopic (exact) mass is 483 g/mol. The van der Waals surface area contributed by atoms with Crippen molar-refractivity contribution in [3.05, 3.63) is 109 Å². The Kier molecular flexibility index (Phi) is 5.99. The predicted molar refractivity (Wildman–Crippen MR) is 134 cm³/mol. The van der Waals surface area contributed by atoms with Crippen molar-refractivity contribution >= 4 is 21.9 Å². The zero-order valence-electron chi connectivity index (χ0n) is 18.8. The van der Waals surface area contributed by atoms with E-state index in [1.165, 1.54) is 25.4 Å². The highest BCUT2D eigenvalue weighted by atomic mass is 32.2. The van der Waals surface area contributed by atoms with E-state index < -0.39 is 10.0 Å². The Labute approximate surface area is 202 Å². The van der Waals surface area contributed by atoms with Gasteiger partial charge in [-0.2, -0.15) is 17.9 Å². The number of rotatable bonds is 7. The number of fused-ring (bicyclic) bond motifs is 1. The van der Waals surface area contributed by atoms with Gasteiger partial charge in [0, 0.05) is 36.8 Å². The number of sulfonamides is 1. The number of para-hydroxylation sites is 1. The number of pyridine rings is 2. The Hall–Kier alpha value is -4.50. The van der Waals surface area contributed by atoms with E-state index in [1.807, 2.05) is 65.2 Å². The smallest absolute Gasteiger partial charge is 0.278 e. The molecule has 0 amide bonds. The van der Waals surface area contributed by atoms with Gasteiger partial charge in [-0.25, -0.2) is 4.98 Å². The van der Waals surface area contributed by atoms with Crippen LogP contribution in [0.25, 0.3) is 16.8 Å². The van der Waals surface area contributed by atoms with Crippen LogP contribution in [0.5, 0.6) is 11.5 Å². The fraction of sp³-hybridized carbons (Fsp3) is 0.0385. The van der Waals surface area contributed by atoms with Crippen LogP contribution in [0.3, 0.4) is 0 Å². The zero-order valence-corrected chi connectivity index (χ0v) is 19.6. The Morgan fingerprint density at radius 2 is 1.66 bits per heavy atom. The van der Waals surface area contributed by atoms with Crippen molar-refractivity contribution in [2.45, 2.75) is 4.90 Å². The van der Waals surface area contributed by atoms with Gasteiger partial charge in [0.25, 0.3) is 10.0 Å². The number of benzene rings is 2. The quantitative estimate of drug-likeness (QED) is 0.244. The summed E-state index contributed by atoms with van der Waals surface area (Å²) in [6.07, 6.45) is 8.53. The number of hydrogen-bond acceptors (Lipinski definition) is 6. The second-order valence-electron chi connectivity index (χ2n) is 7.64. The van der Waals surface area contributed by atoms with Gasteiger partial charge in [-0.1, -0.05) is 24.3 Å². The molecule has 0 saturated carbocycles. The molecule has 174 valence electrons. The van der Waals surface area contributed by atoms with Crippen LogP contribution in [0, 0.1) is 0 Å². The summed E-state index contributed by atoms with van der Waals surface area (Å²) >= 11 is 0. The van der Waals surface area contributed by atoms with Crippen molar-refractivity contribution in [2.75, 3.05) is 7.05 Å². The summed E-state index contributed by atoms with van der Waals surface area (Å²) in [6, 6.07) is 23.2. The first-order valence-corrected chi connectivity index (χ1v) is 12.2. The van der Waals surface area contributed by atoms with Crippen LogP contribution >= 0.6 is 0 Å². The number of hydrogen-bond donors (Lipinski definition) is 0. The molecule has 35 heavy (non-hydrogen) atoms. The molecule has 0 bridgehead atoms. The molecular formula is C26H21N5O3S. The van der Waals surface area contributed by atoms with Crippen LogP contribution in [0.15, 0.2) is 114 Å². The van der Waals surface area contributed by atoms with Gasteiger partial charge in [0.1, 0.15) is 17.1 Å². The molecule has 0 aliphatic rings. The van der Waals surface area contributed by atoms with Crippen LogP contribution in [0.1, 0.15) is 5.69 Å². The third-order valence-electron chi connectivity index (χ3n) is 5.33. The standard InChI is InChI=1S/C26H21N5O3S/c1-30(35(32,33)25-12-10-24(11-13-25)34-23-7-3-2-4-8-23)29-18-22-17-28-26-14-9-21(19-31(22)26)20-6-5-15-27-16-20/h2-19H,1H3/b29-18+. The fourth-order valence-electron chi connectivity index (χ4n) is 3.46. The van der Waals surface area contributed by atoms with Crippen LogP contribution in [-0.4, -0.2) is 40.5 Å². The van der Waals surface area contributed by atoms with Gasteiger partial charge in [0.05, 0.1) is 23.0 Å². The minimum Gasteiger partial charge on any atom is -0.457 e. The summed E-state index contributed by atoms with van der Waals surface area (Å²) in [5.74, 6) is 1.21. The first-order chi connectivity index (χ1) is 17.0. The highest BCUT2D eigenvalue weighted by molar-refractivity contribution is 7.89. The summed E-state index contributed by atoms with van der Waals surface area (Å²) in [5, 5.41) is 4.17. The lowest BCUT2D eigenvalue weighted by molar-refractivity contribution is 0.480. The molecule has 0 atom stereocenters. The van der Waals surface area contributed by atoms with E-state index in [9.17, 15) is 8.42 Å². The summed E-state index contributed by atoms with van der Waals surface area (Å²) in [7, 11) is -2.45. The van der Waals surface area contributed by atoms with Crippen LogP contribution in [0.4, 0.5) is 0 Å². The van der Waals surface area contributed by atoms with Crippen LogP contribution < -0.4 is 4.74 Å². The molecule has 3 aromatic heterocycles. The second-order valence-corrected chi connectivity index (χ2v) is 9.59. The van der Waals surface area contributed by atoms with E-state index >= 15 is 0 Å². The fourth-order valence-corrected chi connectivity index (χ4v) is 4.41. The van der Waals surface area contributed by atoms with Gasteiger partial charge < -0.3 is 4.74 Å². The van der Waals surface area contributed by atoms with Crippen LogP contribution in [-0.2, 0) is 10.0 Å². The van der Waals surface area contributed by atoms with E-state index in [0.717, 1.165) is 21.2 Å². The SMILES string of the molecule is CN(/N=C/c1cnc2ccc(-c3cccnc3)cn12)S(=O)(=O)c1ccc(Oc2ccccc2)cc1. The normalized spacial score (nSPS) is 11.7. The molecule has 5 aromatic rings. The van der Waals surface area contributed by atoms with E-state index in [1.54, 1.807) is 30.7 Å². The maximum Gasteiger partial charge on any atom is 0.278 e. The highest BCUT2D eigenvalue weighted by Crippen LogP contribution is 2.24. The number of nitrogens with zero attached hydrogens (tertiary/aromatic N) is 5. The Bertz CT molecular complexity index is 1580. The van der Waals surface area contributed by atoms with Gasteiger partial charge in [-0.05, 0) is 54.6 Å². The molecular weight excluding hydrogens is 462 g/mol. The van der Waals surface area contributed by atoms with E-state index in [-0.39, 0.29) is 4.90 Å². The maximum atomic E-state index is 13.0. The van der Waals surface area contributed by atoms with Gasteiger partial charge in [0.15, 0.2) is 0 Å². The molecule has 0 N–H and O–H groups in total. The van der Waals surface area contributed by atoms with Gasteiger partial charge in [-0.15, -0.1) is 0 Å². The van der Waals surface area contributed by atoms with Crippen molar-refractivity contribution in [1.82, 2.24) is 18.8 Å². The number of imidazole rings is 1. The summed E-state index contributed by atoms with van der Waals surface area (Å²) < 4.78 is 34.5. The summed E-state index contributed by atoms with van der Waals surface area (Å²) in [6.45, 7) is 0. The second kappa shape index (κ2) is 9.40.